The Labute approximate surface area is 161 Å². The quantitative estimate of drug-likeness (QED) is 0.674. The first-order valence-corrected chi connectivity index (χ1v) is 8.91. The molecule has 0 aliphatic heterocycles. The highest BCUT2D eigenvalue weighted by Crippen LogP contribution is 2.38. The van der Waals surface area contributed by atoms with Gasteiger partial charge >= 0.3 is 0 Å². The number of nitrogens with one attached hydrogen (secondary N) is 1. The summed E-state index contributed by atoms with van der Waals surface area (Å²) in [6.45, 7) is 4.35. The second-order valence-corrected chi connectivity index (χ2v) is 6.21. The summed E-state index contributed by atoms with van der Waals surface area (Å²) in [5, 5.41) is 2.86. The average Bonchev–Trinajstić information content (AvgIpc) is 2.71. The number of carbonyl (C=O) groups is 1. The van der Waals surface area contributed by atoms with Crippen molar-refractivity contribution in [1.82, 2.24) is 0 Å². The van der Waals surface area contributed by atoms with E-state index in [1.165, 1.54) is 11.6 Å². The van der Waals surface area contributed by atoms with E-state index >= 15 is 0 Å². The van der Waals surface area contributed by atoms with Crippen molar-refractivity contribution in [2.75, 3.05) is 26.6 Å². The van der Waals surface area contributed by atoms with Gasteiger partial charge in [-0.25, -0.2) is 0 Å². The van der Waals surface area contributed by atoms with Crippen LogP contribution in [0, 0.1) is 0 Å². The molecular formula is C22H27NO4. The maximum atomic E-state index is 12.2. The summed E-state index contributed by atoms with van der Waals surface area (Å²) < 4.78 is 15.9. The van der Waals surface area contributed by atoms with Crippen molar-refractivity contribution in [2.45, 2.75) is 26.2 Å². The summed E-state index contributed by atoms with van der Waals surface area (Å²) in [5.41, 5.74) is 2.80. The van der Waals surface area contributed by atoms with Gasteiger partial charge in [-0.3, -0.25) is 4.79 Å². The molecule has 0 aliphatic carbocycles. The Balaban J connectivity index is 2.10. The van der Waals surface area contributed by atoms with Crippen LogP contribution in [0.2, 0.25) is 0 Å². The van der Waals surface area contributed by atoms with Crippen molar-refractivity contribution in [3.8, 4) is 17.2 Å². The first kappa shape index (κ1) is 20.4. The SMILES string of the molecule is CCC(C)c1ccc(NC(=O)C=Cc2cc(OC)c(OC)c(OC)c2)cc1. The number of anilines is 1. The lowest BCUT2D eigenvalue weighted by atomic mass is 9.99. The summed E-state index contributed by atoms with van der Waals surface area (Å²) >= 11 is 0. The topological polar surface area (TPSA) is 56.8 Å². The second-order valence-electron chi connectivity index (χ2n) is 6.21. The highest BCUT2D eigenvalue weighted by atomic mass is 16.5. The number of hydrogen-bond donors (Lipinski definition) is 1. The Morgan fingerprint density at radius 3 is 2.11 bits per heavy atom. The van der Waals surface area contributed by atoms with Crippen LogP contribution >= 0.6 is 0 Å². The van der Waals surface area contributed by atoms with Gasteiger partial charge in [-0.2, -0.15) is 0 Å². The van der Waals surface area contributed by atoms with Crippen molar-refractivity contribution in [2.24, 2.45) is 0 Å². The summed E-state index contributed by atoms with van der Waals surface area (Å²) in [6, 6.07) is 11.5. The van der Waals surface area contributed by atoms with Crippen molar-refractivity contribution < 1.29 is 19.0 Å². The number of amides is 1. The number of benzene rings is 2. The van der Waals surface area contributed by atoms with Gasteiger partial charge < -0.3 is 19.5 Å². The highest BCUT2D eigenvalue weighted by Gasteiger charge is 2.12. The Bertz CT molecular complexity index is 771. The zero-order valence-corrected chi connectivity index (χ0v) is 16.5. The van der Waals surface area contributed by atoms with Gasteiger partial charge in [-0.05, 0) is 53.8 Å². The monoisotopic (exact) mass is 369 g/mol. The van der Waals surface area contributed by atoms with E-state index in [0.717, 1.165) is 17.7 Å². The zero-order valence-electron chi connectivity index (χ0n) is 16.5. The second kappa shape index (κ2) is 9.67. The van der Waals surface area contributed by atoms with E-state index in [-0.39, 0.29) is 5.91 Å². The van der Waals surface area contributed by atoms with Crippen molar-refractivity contribution in [1.29, 1.82) is 0 Å². The fourth-order valence-corrected chi connectivity index (χ4v) is 2.68. The third-order valence-electron chi connectivity index (χ3n) is 4.47. The Morgan fingerprint density at radius 1 is 1.04 bits per heavy atom. The molecule has 0 fully saturated rings. The summed E-state index contributed by atoms with van der Waals surface area (Å²) in [6.07, 6.45) is 4.26. The van der Waals surface area contributed by atoms with Crippen LogP contribution in [0.3, 0.4) is 0 Å². The molecule has 5 heteroatoms. The highest BCUT2D eigenvalue weighted by molar-refractivity contribution is 6.02. The van der Waals surface area contributed by atoms with Crippen LogP contribution in [0.4, 0.5) is 5.69 Å². The predicted molar refractivity (Wildman–Crippen MR) is 109 cm³/mol. The van der Waals surface area contributed by atoms with Gasteiger partial charge in [0.2, 0.25) is 11.7 Å². The molecular weight excluding hydrogens is 342 g/mol. The van der Waals surface area contributed by atoms with Gasteiger partial charge in [0.1, 0.15) is 0 Å². The standard InChI is InChI=1S/C22H27NO4/c1-6-15(2)17-8-10-18(11-9-17)23-21(24)12-7-16-13-19(25-3)22(27-5)20(14-16)26-4/h7-15H,6H2,1-5H3,(H,23,24). The number of methoxy groups -OCH3 is 3. The lowest BCUT2D eigenvalue weighted by molar-refractivity contribution is -0.111. The lowest BCUT2D eigenvalue weighted by Gasteiger charge is -2.12. The zero-order chi connectivity index (χ0) is 19.8. The fourth-order valence-electron chi connectivity index (χ4n) is 2.68. The predicted octanol–water partition coefficient (Wildman–Crippen LogP) is 4.88. The van der Waals surface area contributed by atoms with E-state index < -0.39 is 0 Å². The third-order valence-corrected chi connectivity index (χ3v) is 4.47. The van der Waals surface area contributed by atoms with Crippen molar-refractivity contribution >= 4 is 17.7 Å². The van der Waals surface area contributed by atoms with Gasteiger partial charge in [0, 0.05) is 11.8 Å². The van der Waals surface area contributed by atoms with Crippen LogP contribution in [0.15, 0.2) is 42.5 Å². The van der Waals surface area contributed by atoms with Crippen LogP contribution in [0.5, 0.6) is 17.2 Å². The minimum absolute atomic E-state index is 0.208. The van der Waals surface area contributed by atoms with E-state index in [0.29, 0.717) is 23.2 Å². The summed E-state index contributed by atoms with van der Waals surface area (Å²) in [7, 11) is 4.66. The molecule has 2 aromatic rings. The number of hydrogen-bond acceptors (Lipinski definition) is 4. The molecule has 0 heterocycles. The molecule has 2 aromatic carbocycles. The van der Waals surface area contributed by atoms with Crippen molar-refractivity contribution in [3.63, 3.8) is 0 Å². The Morgan fingerprint density at radius 2 is 1.63 bits per heavy atom. The molecule has 144 valence electrons. The molecule has 1 N–H and O–H groups in total. The lowest BCUT2D eigenvalue weighted by Crippen LogP contribution is -2.07. The van der Waals surface area contributed by atoms with Crippen molar-refractivity contribution in [3.05, 3.63) is 53.6 Å². The normalized spacial score (nSPS) is 11.9. The summed E-state index contributed by atoms with van der Waals surface area (Å²) in [5.74, 6) is 1.90. The van der Waals surface area contributed by atoms with Crippen LogP contribution < -0.4 is 19.5 Å². The fraction of sp³-hybridized carbons (Fsp3) is 0.318. The number of ether oxygens (including phenoxy) is 3. The van der Waals surface area contributed by atoms with Gasteiger partial charge in [0.05, 0.1) is 21.3 Å². The molecule has 0 saturated heterocycles. The summed E-state index contributed by atoms with van der Waals surface area (Å²) in [4.78, 5) is 12.2. The van der Waals surface area contributed by atoms with Crippen LogP contribution in [-0.2, 0) is 4.79 Å². The molecule has 0 aromatic heterocycles. The third kappa shape index (κ3) is 5.26. The number of carbonyl (C=O) groups excluding carboxylic acids is 1. The van der Waals surface area contributed by atoms with E-state index in [2.05, 4.69) is 19.2 Å². The molecule has 2 rings (SSSR count). The maximum Gasteiger partial charge on any atom is 0.248 e. The van der Waals surface area contributed by atoms with Crippen LogP contribution in [0.1, 0.15) is 37.3 Å². The first-order chi connectivity index (χ1) is 13.0. The van der Waals surface area contributed by atoms with E-state index in [9.17, 15) is 4.79 Å². The molecule has 0 bridgehead atoms. The van der Waals surface area contributed by atoms with E-state index in [1.807, 2.05) is 24.3 Å². The average molecular weight is 369 g/mol. The van der Waals surface area contributed by atoms with Gasteiger partial charge in [-0.1, -0.05) is 26.0 Å². The van der Waals surface area contributed by atoms with E-state index in [4.69, 9.17) is 14.2 Å². The smallest absolute Gasteiger partial charge is 0.248 e. The molecule has 0 spiro atoms. The van der Waals surface area contributed by atoms with Gasteiger partial charge in [-0.15, -0.1) is 0 Å². The molecule has 0 radical (unpaired) electrons. The molecule has 1 unspecified atom stereocenters. The van der Waals surface area contributed by atoms with Crippen LogP contribution in [0.25, 0.3) is 6.08 Å². The Kier molecular flexibility index (Phi) is 7.29. The van der Waals surface area contributed by atoms with Gasteiger partial charge in [0.25, 0.3) is 0 Å². The minimum Gasteiger partial charge on any atom is -0.493 e. The molecule has 27 heavy (non-hydrogen) atoms. The molecule has 1 amide bonds. The Hall–Kier alpha value is -2.95. The molecule has 5 nitrogen and oxygen atoms in total. The largest absolute Gasteiger partial charge is 0.493 e. The van der Waals surface area contributed by atoms with Gasteiger partial charge in [0.15, 0.2) is 11.5 Å². The van der Waals surface area contributed by atoms with E-state index in [1.54, 1.807) is 39.5 Å². The molecule has 0 aliphatic rings. The maximum absolute atomic E-state index is 12.2. The first-order valence-electron chi connectivity index (χ1n) is 8.91. The van der Waals surface area contributed by atoms with Crippen LogP contribution in [-0.4, -0.2) is 27.2 Å². The molecule has 1 atom stereocenters. The number of rotatable bonds is 8. The molecule has 0 saturated carbocycles. The minimum atomic E-state index is -0.208.